The van der Waals surface area contributed by atoms with Crippen LogP contribution in [0, 0.1) is 0 Å². The number of para-hydroxylation sites is 1. The van der Waals surface area contributed by atoms with Gasteiger partial charge in [0, 0.05) is 36.1 Å². The minimum atomic E-state index is -0.285. The molecule has 1 aromatic carbocycles. The van der Waals surface area contributed by atoms with Gasteiger partial charge in [-0.1, -0.05) is 31.0 Å². The topological polar surface area (TPSA) is 68.4 Å². The van der Waals surface area contributed by atoms with Gasteiger partial charge in [-0.2, -0.15) is 0 Å². The van der Waals surface area contributed by atoms with Gasteiger partial charge in [0.05, 0.1) is 0 Å². The quantitative estimate of drug-likeness (QED) is 0.418. The summed E-state index contributed by atoms with van der Waals surface area (Å²) < 4.78 is 0. The van der Waals surface area contributed by atoms with Gasteiger partial charge in [0.2, 0.25) is 5.91 Å². The Morgan fingerprint density at radius 3 is 2.91 bits per heavy atom. The van der Waals surface area contributed by atoms with Crippen LogP contribution in [-0.4, -0.2) is 34.1 Å². The number of carbonyl (C=O) groups is 1. The second-order valence-electron chi connectivity index (χ2n) is 6.35. The Kier molecular flexibility index (Phi) is 5.31. The summed E-state index contributed by atoms with van der Waals surface area (Å²) in [6.45, 7) is 3.25. The van der Waals surface area contributed by atoms with Crippen molar-refractivity contribution in [3.63, 3.8) is 0 Å². The molecule has 0 spiro atoms. The first kappa shape index (κ1) is 16.0. The highest BCUT2D eigenvalue weighted by atomic mass is 16.5. The first-order valence-corrected chi connectivity index (χ1v) is 8.51. The Balaban J connectivity index is 1.42. The number of hydrogen-bond donors (Lipinski definition) is 3. The van der Waals surface area contributed by atoms with Crippen LogP contribution >= 0.6 is 0 Å². The van der Waals surface area contributed by atoms with Gasteiger partial charge >= 0.3 is 0 Å². The largest absolute Gasteiger partial charge is 0.357 e. The number of nitrogens with one attached hydrogen (secondary N) is 2. The molecule has 0 fully saturated rings. The van der Waals surface area contributed by atoms with Crippen molar-refractivity contribution in [1.29, 1.82) is 0 Å². The van der Waals surface area contributed by atoms with E-state index in [2.05, 4.69) is 34.1 Å². The van der Waals surface area contributed by atoms with Gasteiger partial charge in [0.1, 0.15) is 0 Å². The van der Waals surface area contributed by atoms with Gasteiger partial charge in [-0.05, 0) is 37.4 Å². The Labute approximate surface area is 136 Å². The third kappa shape index (κ3) is 3.92. The molecule has 0 saturated carbocycles. The average Bonchev–Trinajstić information content (AvgIpc) is 2.95. The Bertz CT molecular complexity index is 665. The van der Waals surface area contributed by atoms with Crippen LogP contribution < -0.4 is 5.48 Å². The predicted molar refractivity (Wildman–Crippen MR) is 90.3 cm³/mol. The molecule has 1 aromatic heterocycles. The average molecular weight is 315 g/mol. The molecule has 3 N–H and O–H groups in total. The van der Waals surface area contributed by atoms with Crippen molar-refractivity contribution in [2.45, 2.75) is 45.1 Å². The standard InChI is InChI=1S/C18H25N3O2/c22-18(20-23)9-3-1-2-6-11-21-12-10-15-14-7-4-5-8-16(14)19-17(15)13-21/h4-5,7-8,19,23H,1-3,6,9-13H2,(H,20,22). The smallest absolute Gasteiger partial charge is 0.243 e. The van der Waals surface area contributed by atoms with E-state index in [9.17, 15) is 4.79 Å². The molecule has 23 heavy (non-hydrogen) atoms. The molecule has 0 saturated heterocycles. The molecule has 0 bridgehead atoms. The van der Waals surface area contributed by atoms with E-state index in [-0.39, 0.29) is 5.91 Å². The van der Waals surface area contributed by atoms with Crippen LogP contribution in [0.1, 0.15) is 43.4 Å². The molecular formula is C18H25N3O2. The fourth-order valence-electron chi connectivity index (χ4n) is 3.47. The van der Waals surface area contributed by atoms with Crippen molar-refractivity contribution < 1.29 is 10.0 Å². The van der Waals surface area contributed by atoms with Crippen LogP contribution in [0.25, 0.3) is 10.9 Å². The highest BCUT2D eigenvalue weighted by molar-refractivity contribution is 5.84. The number of hydroxylamine groups is 1. The maximum atomic E-state index is 10.9. The maximum absolute atomic E-state index is 10.9. The van der Waals surface area contributed by atoms with E-state index < -0.39 is 0 Å². The van der Waals surface area contributed by atoms with E-state index in [1.807, 2.05) is 0 Å². The molecule has 124 valence electrons. The highest BCUT2D eigenvalue weighted by Crippen LogP contribution is 2.27. The number of fused-ring (bicyclic) bond motifs is 3. The van der Waals surface area contributed by atoms with Crippen molar-refractivity contribution in [1.82, 2.24) is 15.4 Å². The number of aromatic nitrogens is 1. The van der Waals surface area contributed by atoms with Crippen molar-refractivity contribution in [3.8, 4) is 0 Å². The Morgan fingerprint density at radius 1 is 1.22 bits per heavy atom. The van der Waals surface area contributed by atoms with Gasteiger partial charge < -0.3 is 4.98 Å². The molecule has 0 atom stereocenters. The number of rotatable bonds is 7. The summed E-state index contributed by atoms with van der Waals surface area (Å²) in [4.78, 5) is 17.0. The second-order valence-corrected chi connectivity index (χ2v) is 6.35. The lowest BCUT2D eigenvalue weighted by Gasteiger charge is -2.26. The lowest BCUT2D eigenvalue weighted by atomic mass is 10.0. The molecule has 1 amide bonds. The minimum Gasteiger partial charge on any atom is -0.357 e. The molecule has 0 unspecified atom stereocenters. The number of hydrogen-bond acceptors (Lipinski definition) is 3. The van der Waals surface area contributed by atoms with E-state index in [0.717, 1.165) is 51.7 Å². The van der Waals surface area contributed by atoms with E-state index in [1.54, 1.807) is 5.48 Å². The normalized spacial score (nSPS) is 14.8. The van der Waals surface area contributed by atoms with Gasteiger partial charge in [0.15, 0.2) is 0 Å². The molecule has 1 aliphatic heterocycles. The molecule has 2 aromatic rings. The van der Waals surface area contributed by atoms with E-state index in [1.165, 1.54) is 22.2 Å². The van der Waals surface area contributed by atoms with E-state index in [0.29, 0.717) is 6.42 Å². The fourth-order valence-corrected chi connectivity index (χ4v) is 3.47. The van der Waals surface area contributed by atoms with Crippen LogP contribution in [-0.2, 0) is 17.8 Å². The van der Waals surface area contributed by atoms with Crippen LogP contribution in [0.15, 0.2) is 24.3 Å². The summed E-state index contributed by atoms with van der Waals surface area (Å²) in [7, 11) is 0. The molecule has 0 radical (unpaired) electrons. The molecule has 5 nitrogen and oxygen atoms in total. The summed E-state index contributed by atoms with van der Waals surface area (Å²) in [5.74, 6) is -0.285. The van der Waals surface area contributed by atoms with Crippen LogP contribution in [0.4, 0.5) is 0 Å². The van der Waals surface area contributed by atoms with Gasteiger partial charge in [-0.3, -0.25) is 14.9 Å². The fraction of sp³-hybridized carbons (Fsp3) is 0.500. The zero-order chi connectivity index (χ0) is 16.1. The molecule has 5 heteroatoms. The summed E-state index contributed by atoms with van der Waals surface area (Å²) in [5, 5.41) is 9.81. The number of amides is 1. The van der Waals surface area contributed by atoms with E-state index in [4.69, 9.17) is 5.21 Å². The lowest BCUT2D eigenvalue weighted by molar-refractivity contribution is -0.129. The van der Waals surface area contributed by atoms with Gasteiger partial charge in [-0.15, -0.1) is 0 Å². The summed E-state index contributed by atoms with van der Waals surface area (Å²) in [5.41, 5.74) is 5.79. The van der Waals surface area contributed by atoms with Crippen molar-refractivity contribution in [3.05, 3.63) is 35.5 Å². The van der Waals surface area contributed by atoms with Crippen molar-refractivity contribution in [2.75, 3.05) is 13.1 Å². The maximum Gasteiger partial charge on any atom is 0.243 e. The first-order valence-electron chi connectivity index (χ1n) is 8.51. The van der Waals surface area contributed by atoms with Crippen molar-refractivity contribution in [2.24, 2.45) is 0 Å². The molecule has 1 aliphatic rings. The highest BCUT2D eigenvalue weighted by Gasteiger charge is 2.19. The molecule has 3 rings (SSSR count). The number of unbranched alkanes of at least 4 members (excludes halogenated alkanes) is 3. The Hall–Kier alpha value is -1.85. The van der Waals surface area contributed by atoms with Crippen LogP contribution in [0.2, 0.25) is 0 Å². The predicted octanol–water partition coefficient (Wildman–Crippen LogP) is 2.98. The van der Waals surface area contributed by atoms with Crippen LogP contribution in [0.5, 0.6) is 0 Å². The first-order chi connectivity index (χ1) is 11.3. The Morgan fingerprint density at radius 2 is 2.04 bits per heavy atom. The second kappa shape index (κ2) is 7.62. The van der Waals surface area contributed by atoms with Crippen molar-refractivity contribution >= 4 is 16.8 Å². The summed E-state index contributed by atoms with van der Waals surface area (Å²) in [6.07, 6.45) is 5.72. The van der Waals surface area contributed by atoms with Crippen LogP contribution in [0.3, 0.4) is 0 Å². The summed E-state index contributed by atoms with van der Waals surface area (Å²) in [6, 6.07) is 8.56. The molecule has 2 heterocycles. The summed E-state index contributed by atoms with van der Waals surface area (Å²) >= 11 is 0. The SMILES string of the molecule is O=C(CCCCCCN1CCc2c([nH]c3ccccc23)C1)NO. The minimum absolute atomic E-state index is 0.285. The molecule has 0 aliphatic carbocycles. The van der Waals surface area contributed by atoms with Gasteiger partial charge in [0.25, 0.3) is 0 Å². The van der Waals surface area contributed by atoms with Gasteiger partial charge in [-0.25, -0.2) is 5.48 Å². The van der Waals surface area contributed by atoms with E-state index >= 15 is 0 Å². The number of carbonyl (C=O) groups excluding carboxylic acids is 1. The number of H-pyrrole nitrogens is 1. The number of aromatic amines is 1. The number of benzene rings is 1. The third-order valence-electron chi connectivity index (χ3n) is 4.71. The molecular weight excluding hydrogens is 290 g/mol. The zero-order valence-corrected chi connectivity index (χ0v) is 13.5. The number of nitrogens with zero attached hydrogens (tertiary/aromatic N) is 1. The monoisotopic (exact) mass is 315 g/mol. The third-order valence-corrected chi connectivity index (χ3v) is 4.71. The zero-order valence-electron chi connectivity index (χ0n) is 13.5. The lowest BCUT2D eigenvalue weighted by Crippen LogP contribution is -2.31.